The van der Waals surface area contributed by atoms with Crippen molar-refractivity contribution in [3.8, 4) is 33.5 Å². The van der Waals surface area contributed by atoms with E-state index in [1.54, 1.807) is 0 Å². The molecule has 2 aromatic heterocycles. The Hall–Kier alpha value is -7.10. The second kappa shape index (κ2) is 14.8. The zero-order valence-corrected chi connectivity index (χ0v) is 32.8. The van der Waals surface area contributed by atoms with E-state index in [9.17, 15) is 0 Å². The highest BCUT2D eigenvalue weighted by molar-refractivity contribution is 6.00. The van der Waals surface area contributed by atoms with Gasteiger partial charge in [0.15, 0.2) is 0 Å². The molecule has 0 atom stereocenters. The summed E-state index contributed by atoms with van der Waals surface area (Å²) < 4.78 is 2.22. The molecule has 2 heterocycles. The van der Waals surface area contributed by atoms with Crippen LogP contribution in [0.4, 0.5) is 0 Å². The number of rotatable bonds is 9. The molecule has 10 rings (SSSR count). The smallest absolute Gasteiger partial charge is 0.141 e. The van der Waals surface area contributed by atoms with Crippen LogP contribution in [0.2, 0.25) is 0 Å². The third-order valence-electron chi connectivity index (χ3n) is 11.9. The number of hydrogen-bond acceptors (Lipinski definition) is 2. The van der Waals surface area contributed by atoms with Gasteiger partial charge >= 0.3 is 0 Å². The third kappa shape index (κ3) is 6.07. The maximum absolute atomic E-state index is 5.46. The average molecular weight is 746 g/mol. The first-order valence-corrected chi connectivity index (χ1v) is 20.2. The standard InChI is InChI=1S/C55H43N3/c1-4-17-45-37(6-3)30-41-28-27-39(34-48(41)45)43-31-42(36(5-2)21-16-29-58-52-26-15-14-25-51(52)57-55(58)38-18-8-7-9-19-38)32-44(33-43)54-53-46-22-11-10-20-40(46)35-49(53)47-23-12-13-24-50(47)56-54/h4-8,10-18,20-29,31-34H,2-3,9,19,30,35H2,1H3/b17-4-,29-16+,36-21+. The van der Waals surface area contributed by atoms with E-state index >= 15 is 0 Å². The van der Waals surface area contributed by atoms with Gasteiger partial charge in [0.2, 0.25) is 0 Å². The van der Waals surface area contributed by atoms with Gasteiger partial charge in [-0.2, -0.15) is 0 Å². The minimum atomic E-state index is 0.894. The zero-order chi connectivity index (χ0) is 39.2. The van der Waals surface area contributed by atoms with Crippen LogP contribution in [0, 0.1) is 0 Å². The minimum Gasteiger partial charge on any atom is -0.299 e. The van der Waals surface area contributed by atoms with Gasteiger partial charge < -0.3 is 0 Å². The highest BCUT2D eigenvalue weighted by atomic mass is 15.1. The fourth-order valence-corrected chi connectivity index (χ4v) is 9.07. The van der Waals surface area contributed by atoms with Gasteiger partial charge in [0.1, 0.15) is 5.82 Å². The van der Waals surface area contributed by atoms with Crippen molar-refractivity contribution < 1.29 is 0 Å². The lowest BCUT2D eigenvalue weighted by atomic mass is 9.90. The Labute approximate surface area is 340 Å². The number of hydrogen-bond donors (Lipinski definition) is 0. The fourth-order valence-electron chi connectivity index (χ4n) is 9.07. The lowest BCUT2D eigenvalue weighted by molar-refractivity contribution is 1.00. The molecule has 3 aliphatic carbocycles. The Kier molecular flexibility index (Phi) is 8.99. The van der Waals surface area contributed by atoms with Crippen LogP contribution in [0.25, 0.3) is 78.4 Å². The largest absolute Gasteiger partial charge is 0.299 e. The van der Waals surface area contributed by atoms with E-state index in [1.807, 2.05) is 12.2 Å². The van der Waals surface area contributed by atoms with Crippen LogP contribution in [0.3, 0.4) is 0 Å². The second-order valence-electron chi connectivity index (χ2n) is 15.3. The highest BCUT2D eigenvalue weighted by Gasteiger charge is 2.26. The number of pyridine rings is 1. The molecule has 0 aliphatic heterocycles. The summed E-state index contributed by atoms with van der Waals surface area (Å²) >= 11 is 0. The molecule has 3 nitrogen and oxygen atoms in total. The zero-order valence-electron chi connectivity index (χ0n) is 32.8. The molecule has 0 amide bonds. The van der Waals surface area contributed by atoms with Crippen molar-refractivity contribution in [3.63, 3.8) is 0 Å². The van der Waals surface area contributed by atoms with E-state index in [4.69, 9.17) is 9.97 Å². The molecular weight excluding hydrogens is 703 g/mol. The summed E-state index contributed by atoms with van der Waals surface area (Å²) in [6, 6.07) is 39.6. The van der Waals surface area contributed by atoms with Crippen molar-refractivity contribution in [3.05, 3.63) is 216 Å². The van der Waals surface area contributed by atoms with Gasteiger partial charge in [-0.15, -0.1) is 0 Å². The van der Waals surface area contributed by atoms with Crippen molar-refractivity contribution in [2.24, 2.45) is 0 Å². The molecule has 0 bridgehead atoms. The molecule has 0 radical (unpaired) electrons. The number of imidazole rings is 1. The highest BCUT2D eigenvalue weighted by Crippen LogP contribution is 2.46. The average Bonchev–Trinajstić information content (AvgIpc) is 3.96. The maximum atomic E-state index is 5.46. The number of benzene rings is 5. The number of aromatic nitrogens is 3. The van der Waals surface area contributed by atoms with Crippen molar-refractivity contribution in [1.29, 1.82) is 0 Å². The summed E-state index contributed by atoms with van der Waals surface area (Å²) in [6.07, 6.45) is 25.1. The Balaban J connectivity index is 1.16. The molecule has 5 aromatic carbocycles. The molecule has 0 saturated heterocycles. The molecule has 7 aromatic rings. The van der Waals surface area contributed by atoms with E-state index in [0.29, 0.717) is 0 Å². The summed E-state index contributed by atoms with van der Waals surface area (Å²) in [5.74, 6) is 0.985. The monoisotopic (exact) mass is 745 g/mol. The second-order valence-corrected chi connectivity index (χ2v) is 15.3. The summed E-state index contributed by atoms with van der Waals surface area (Å²) in [5.41, 5.74) is 21.1. The molecule has 0 unspecified atom stereocenters. The molecule has 278 valence electrons. The Morgan fingerprint density at radius 3 is 2.41 bits per heavy atom. The molecule has 0 saturated carbocycles. The SMILES string of the molecule is C=CC1=C(/C=C\C)c2cc(-c3cc(/C(C=C)=C/C=C/n4c(C5=CC=CCC5)nc5ccccc54)cc(-c4nc5ccccc5c5c4-c4ccccc4C5)c3)ccc2C1. The van der Waals surface area contributed by atoms with Crippen LogP contribution in [0.5, 0.6) is 0 Å². The Bertz CT molecular complexity index is 3040. The molecular formula is C55H43N3. The molecule has 0 N–H and O–H groups in total. The quantitative estimate of drug-likeness (QED) is 0.138. The first-order valence-electron chi connectivity index (χ1n) is 20.2. The van der Waals surface area contributed by atoms with Crippen molar-refractivity contribution >= 4 is 44.9 Å². The topological polar surface area (TPSA) is 30.7 Å². The summed E-state index contributed by atoms with van der Waals surface area (Å²) in [7, 11) is 0. The minimum absolute atomic E-state index is 0.894. The predicted octanol–water partition coefficient (Wildman–Crippen LogP) is 14.0. The first-order chi connectivity index (χ1) is 28.6. The predicted molar refractivity (Wildman–Crippen MR) is 246 cm³/mol. The Morgan fingerprint density at radius 2 is 1.57 bits per heavy atom. The lowest BCUT2D eigenvalue weighted by Crippen LogP contribution is -1.98. The summed E-state index contributed by atoms with van der Waals surface area (Å²) in [6.45, 7) is 10.6. The van der Waals surface area contributed by atoms with Crippen LogP contribution >= 0.6 is 0 Å². The van der Waals surface area contributed by atoms with E-state index < -0.39 is 0 Å². The van der Waals surface area contributed by atoms with Gasteiger partial charge in [-0.3, -0.25) is 4.57 Å². The molecule has 3 aliphatic rings. The molecule has 0 spiro atoms. The first kappa shape index (κ1) is 35.3. The normalized spacial score (nSPS) is 14.8. The van der Waals surface area contributed by atoms with Gasteiger partial charge in [0.05, 0.1) is 22.2 Å². The van der Waals surface area contributed by atoms with E-state index in [1.165, 1.54) is 55.5 Å². The summed E-state index contributed by atoms with van der Waals surface area (Å²) in [4.78, 5) is 10.5. The van der Waals surface area contributed by atoms with Crippen LogP contribution in [-0.2, 0) is 12.8 Å². The van der Waals surface area contributed by atoms with Crippen molar-refractivity contribution in [2.45, 2.75) is 32.6 Å². The van der Waals surface area contributed by atoms with Crippen LogP contribution in [0.15, 0.2) is 183 Å². The number of allylic oxidation sites excluding steroid dienone is 13. The summed E-state index contributed by atoms with van der Waals surface area (Å²) in [5, 5.41) is 1.22. The maximum Gasteiger partial charge on any atom is 0.141 e. The van der Waals surface area contributed by atoms with Crippen LogP contribution in [0.1, 0.15) is 53.4 Å². The van der Waals surface area contributed by atoms with E-state index in [0.717, 1.165) is 81.6 Å². The molecule has 0 fully saturated rings. The molecule has 58 heavy (non-hydrogen) atoms. The van der Waals surface area contributed by atoms with E-state index in [2.05, 4.69) is 183 Å². The van der Waals surface area contributed by atoms with Gasteiger partial charge in [-0.1, -0.05) is 128 Å². The van der Waals surface area contributed by atoms with Gasteiger partial charge in [0, 0.05) is 22.7 Å². The number of para-hydroxylation sites is 3. The Morgan fingerprint density at radius 1 is 0.759 bits per heavy atom. The van der Waals surface area contributed by atoms with Gasteiger partial charge in [-0.25, -0.2) is 9.97 Å². The fraction of sp³-hybridized carbons (Fsp3) is 0.0909. The van der Waals surface area contributed by atoms with Gasteiger partial charge in [-0.05, 0) is 148 Å². The number of fused-ring (bicyclic) bond motifs is 7. The van der Waals surface area contributed by atoms with Crippen LogP contribution < -0.4 is 0 Å². The van der Waals surface area contributed by atoms with E-state index in [-0.39, 0.29) is 0 Å². The third-order valence-corrected chi connectivity index (χ3v) is 11.9. The van der Waals surface area contributed by atoms with Crippen molar-refractivity contribution in [1.82, 2.24) is 14.5 Å². The molecule has 3 heteroatoms. The van der Waals surface area contributed by atoms with Crippen molar-refractivity contribution in [2.75, 3.05) is 0 Å². The van der Waals surface area contributed by atoms with Gasteiger partial charge in [0.25, 0.3) is 0 Å². The van der Waals surface area contributed by atoms with Crippen LogP contribution in [-0.4, -0.2) is 14.5 Å². The number of nitrogens with zero attached hydrogens (tertiary/aromatic N) is 3. The lowest BCUT2D eigenvalue weighted by Gasteiger charge is -2.16.